The largest absolute Gasteiger partial charge is 0.328 e. The second kappa shape index (κ2) is 4.79. The molecule has 1 aromatic carbocycles. The maximum Gasteiger partial charge on any atom is 0.123 e. The number of aryl methyl sites for hydroxylation is 1. The topological polar surface area (TPSA) is 26.0 Å². The maximum atomic E-state index is 12.9. The van der Waals surface area contributed by atoms with Gasteiger partial charge in [-0.25, -0.2) is 4.39 Å². The quantitative estimate of drug-likeness (QED) is 0.769. The highest BCUT2D eigenvalue weighted by Gasteiger charge is 2.12. The molecule has 0 aliphatic heterocycles. The molecule has 1 aliphatic carbocycles. The molecule has 0 aromatic heterocycles. The molecule has 0 bridgehead atoms. The van der Waals surface area contributed by atoms with Crippen LogP contribution >= 0.6 is 0 Å². The standard InChI is InChI=1S/C14H18FN/c1-10-8-13(15)5-4-12(10)9-11-2-6-14(16)7-3-11/h4-5,8-9,14H,2-3,6-7,16H2,1H3. The lowest BCUT2D eigenvalue weighted by Gasteiger charge is -2.20. The van der Waals surface area contributed by atoms with E-state index in [4.69, 9.17) is 5.73 Å². The van der Waals surface area contributed by atoms with Gasteiger partial charge in [0.15, 0.2) is 0 Å². The average Bonchev–Trinajstić information content (AvgIpc) is 2.25. The zero-order valence-corrected chi connectivity index (χ0v) is 9.67. The van der Waals surface area contributed by atoms with E-state index in [-0.39, 0.29) is 5.82 Å². The fourth-order valence-electron chi connectivity index (χ4n) is 2.18. The fraction of sp³-hybridized carbons (Fsp3) is 0.429. The van der Waals surface area contributed by atoms with E-state index in [1.54, 1.807) is 6.07 Å². The van der Waals surface area contributed by atoms with Crippen molar-refractivity contribution in [2.75, 3.05) is 0 Å². The first kappa shape index (κ1) is 11.3. The number of hydrogen-bond acceptors (Lipinski definition) is 1. The van der Waals surface area contributed by atoms with Crippen LogP contribution in [0.15, 0.2) is 23.8 Å². The van der Waals surface area contributed by atoms with Crippen LogP contribution < -0.4 is 5.73 Å². The minimum absolute atomic E-state index is 0.162. The molecule has 1 saturated carbocycles. The first-order valence-corrected chi connectivity index (χ1v) is 5.86. The van der Waals surface area contributed by atoms with Gasteiger partial charge < -0.3 is 5.73 Å². The molecule has 2 heteroatoms. The summed E-state index contributed by atoms with van der Waals surface area (Å²) >= 11 is 0. The Morgan fingerprint density at radius 2 is 2.00 bits per heavy atom. The Labute approximate surface area is 96.2 Å². The van der Waals surface area contributed by atoms with Crippen LogP contribution in [-0.2, 0) is 0 Å². The fourth-order valence-corrected chi connectivity index (χ4v) is 2.18. The van der Waals surface area contributed by atoms with Gasteiger partial charge in [0.25, 0.3) is 0 Å². The number of rotatable bonds is 1. The van der Waals surface area contributed by atoms with E-state index >= 15 is 0 Å². The zero-order chi connectivity index (χ0) is 11.5. The van der Waals surface area contributed by atoms with Crippen LogP contribution in [0.1, 0.15) is 36.8 Å². The van der Waals surface area contributed by atoms with Crippen molar-refractivity contribution in [3.05, 3.63) is 40.7 Å². The molecule has 2 rings (SSSR count). The molecule has 1 fully saturated rings. The van der Waals surface area contributed by atoms with E-state index < -0.39 is 0 Å². The Morgan fingerprint density at radius 1 is 1.31 bits per heavy atom. The number of hydrogen-bond donors (Lipinski definition) is 1. The van der Waals surface area contributed by atoms with Gasteiger partial charge in [-0.15, -0.1) is 0 Å². The molecule has 0 heterocycles. The molecule has 1 aromatic rings. The van der Waals surface area contributed by atoms with Crippen molar-refractivity contribution in [1.82, 2.24) is 0 Å². The Hall–Kier alpha value is -1.15. The third-order valence-electron chi connectivity index (χ3n) is 3.26. The van der Waals surface area contributed by atoms with E-state index in [2.05, 4.69) is 6.08 Å². The van der Waals surface area contributed by atoms with Gasteiger partial charge in [-0.2, -0.15) is 0 Å². The van der Waals surface area contributed by atoms with Crippen molar-refractivity contribution in [1.29, 1.82) is 0 Å². The zero-order valence-electron chi connectivity index (χ0n) is 9.67. The lowest BCUT2D eigenvalue weighted by atomic mass is 9.90. The van der Waals surface area contributed by atoms with Gasteiger partial charge in [0, 0.05) is 6.04 Å². The van der Waals surface area contributed by atoms with Gasteiger partial charge in [-0.05, 0) is 55.9 Å². The summed E-state index contributed by atoms with van der Waals surface area (Å²) in [6.07, 6.45) is 6.51. The van der Waals surface area contributed by atoms with Crippen LogP contribution in [0.4, 0.5) is 4.39 Å². The molecule has 1 nitrogen and oxygen atoms in total. The van der Waals surface area contributed by atoms with Crippen molar-refractivity contribution >= 4 is 6.08 Å². The molecule has 0 amide bonds. The highest BCUT2D eigenvalue weighted by molar-refractivity contribution is 5.56. The second-order valence-corrected chi connectivity index (χ2v) is 4.64. The van der Waals surface area contributed by atoms with Crippen LogP contribution in [0.25, 0.3) is 6.08 Å². The summed E-state index contributed by atoms with van der Waals surface area (Å²) in [5.41, 5.74) is 9.44. The first-order valence-electron chi connectivity index (χ1n) is 5.86. The highest BCUT2D eigenvalue weighted by atomic mass is 19.1. The number of allylic oxidation sites excluding steroid dienone is 1. The molecular formula is C14H18FN. The first-order chi connectivity index (χ1) is 7.65. The van der Waals surface area contributed by atoms with Crippen LogP contribution in [0.5, 0.6) is 0 Å². The van der Waals surface area contributed by atoms with Crippen molar-refractivity contribution in [3.63, 3.8) is 0 Å². The molecule has 2 N–H and O–H groups in total. The molecule has 0 saturated heterocycles. The van der Waals surface area contributed by atoms with Gasteiger partial charge in [-0.1, -0.05) is 17.7 Å². The predicted octanol–water partition coefficient (Wildman–Crippen LogP) is 3.42. The summed E-state index contributed by atoms with van der Waals surface area (Å²) in [4.78, 5) is 0. The number of nitrogens with two attached hydrogens (primary N) is 1. The third kappa shape index (κ3) is 2.70. The number of halogens is 1. The molecule has 86 valence electrons. The van der Waals surface area contributed by atoms with Crippen LogP contribution in [-0.4, -0.2) is 6.04 Å². The smallest absolute Gasteiger partial charge is 0.123 e. The van der Waals surface area contributed by atoms with Crippen molar-refractivity contribution in [3.8, 4) is 0 Å². The predicted molar refractivity (Wildman–Crippen MR) is 65.6 cm³/mol. The molecule has 1 aliphatic rings. The lowest BCUT2D eigenvalue weighted by Crippen LogP contribution is -2.23. The average molecular weight is 219 g/mol. The van der Waals surface area contributed by atoms with Gasteiger partial charge in [0.1, 0.15) is 5.82 Å². The van der Waals surface area contributed by atoms with E-state index in [9.17, 15) is 4.39 Å². The minimum Gasteiger partial charge on any atom is -0.328 e. The Kier molecular flexibility index (Phi) is 3.39. The lowest BCUT2D eigenvalue weighted by molar-refractivity contribution is 0.514. The summed E-state index contributed by atoms with van der Waals surface area (Å²) in [6, 6.07) is 5.33. The van der Waals surface area contributed by atoms with Gasteiger partial charge in [-0.3, -0.25) is 0 Å². The molecule has 16 heavy (non-hydrogen) atoms. The van der Waals surface area contributed by atoms with Gasteiger partial charge in [0.2, 0.25) is 0 Å². The van der Waals surface area contributed by atoms with Gasteiger partial charge in [0.05, 0.1) is 0 Å². The summed E-state index contributed by atoms with van der Waals surface area (Å²) in [5, 5.41) is 0. The van der Waals surface area contributed by atoms with Crippen LogP contribution in [0, 0.1) is 12.7 Å². The highest BCUT2D eigenvalue weighted by Crippen LogP contribution is 2.25. The van der Waals surface area contributed by atoms with E-state index in [0.717, 1.165) is 36.8 Å². The van der Waals surface area contributed by atoms with Crippen molar-refractivity contribution in [2.45, 2.75) is 38.6 Å². The van der Waals surface area contributed by atoms with Crippen molar-refractivity contribution in [2.24, 2.45) is 5.73 Å². The number of benzene rings is 1. The SMILES string of the molecule is Cc1cc(F)ccc1C=C1CCC(N)CC1. The van der Waals surface area contributed by atoms with Crippen LogP contribution in [0.3, 0.4) is 0 Å². The Bertz CT molecular complexity index is 399. The molecule has 0 atom stereocenters. The van der Waals surface area contributed by atoms with E-state index in [0.29, 0.717) is 6.04 Å². The maximum absolute atomic E-state index is 12.9. The summed E-state index contributed by atoms with van der Waals surface area (Å²) in [5.74, 6) is -0.162. The molecular weight excluding hydrogens is 201 g/mol. The molecule has 0 unspecified atom stereocenters. The third-order valence-corrected chi connectivity index (χ3v) is 3.26. The summed E-state index contributed by atoms with van der Waals surface area (Å²) < 4.78 is 12.9. The second-order valence-electron chi connectivity index (χ2n) is 4.64. The van der Waals surface area contributed by atoms with E-state index in [1.807, 2.05) is 13.0 Å². The minimum atomic E-state index is -0.162. The van der Waals surface area contributed by atoms with E-state index in [1.165, 1.54) is 11.6 Å². The molecule has 0 spiro atoms. The Balaban J connectivity index is 2.16. The monoisotopic (exact) mass is 219 g/mol. The van der Waals surface area contributed by atoms with Crippen LogP contribution in [0.2, 0.25) is 0 Å². The normalized spacial score (nSPS) is 20.9. The Morgan fingerprint density at radius 3 is 2.62 bits per heavy atom. The van der Waals surface area contributed by atoms with Gasteiger partial charge >= 0.3 is 0 Å². The van der Waals surface area contributed by atoms with Crippen molar-refractivity contribution < 1.29 is 4.39 Å². The summed E-state index contributed by atoms with van der Waals surface area (Å²) in [7, 11) is 0. The summed E-state index contributed by atoms with van der Waals surface area (Å²) in [6.45, 7) is 1.95. The molecule has 0 radical (unpaired) electrons.